The fourth-order valence-corrected chi connectivity index (χ4v) is 5.55. The summed E-state index contributed by atoms with van der Waals surface area (Å²) in [5.74, 6) is -0.773. The summed E-state index contributed by atoms with van der Waals surface area (Å²) in [6.45, 7) is 5.47. The number of aromatic hydroxyl groups is 2. The minimum absolute atomic E-state index is 0.00430. The summed E-state index contributed by atoms with van der Waals surface area (Å²) < 4.78 is 11.6. The lowest BCUT2D eigenvalue weighted by Gasteiger charge is -2.24. The number of unbranched alkanes of at least 4 members (excludes halogenated alkanes) is 4. The molecular weight excluding hydrogens is 556 g/mol. The van der Waals surface area contributed by atoms with Crippen LogP contribution in [-0.4, -0.2) is 35.0 Å². The Morgan fingerprint density at radius 2 is 0.932 bits per heavy atom. The number of carbonyl (C=O) groups is 2. The molecule has 6 N–H and O–H groups in total. The van der Waals surface area contributed by atoms with Crippen LogP contribution in [0, 0.1) is 0 Å². The van der Waals surface area contributed by atoms with Crippen molar-refractivity contribution in [3.8, 4) is 45.3 Å². The first kappa shape index (κ1) is 30.5. The molecule has 8 heteroatoms. The maximum absolute atomic E-state index is 13.9. The van der Waals surface area contributed by atoms with Gasteiger partial charge in [-0.25, -0.2) is 0 Å². The van der Waals surface area contributed by atoms with Gasteiger partial charge >= 0.3 is 0 Å². The Labute approximate surface area is 257 Å². The maximum Gasteiger partial charge on any atom is 0.200 e. The van der Waals surface area contributed by atoms with E-state index in [2.05, 4.69) is 13.8 Å². The third kappa shape index (κ3) is 5.80. The Balaban J connectivity index is 1.48. The summed E-state index contributed by atoms with van der Waals surface area (Å²) in [5, 5.41) is 22.7. The third-order valence-electron chi connectivity index (χ3n) is 7.93. The van der Waals surface area contributed by atoms with Crippen molar-refractivity contribution in [2.75, 3.05) is 24.7 Å². The molecule has 0 saturated heterocycles. The van der Waals surface area contributed by atoms with Gasteiger partial charge in [0, 0.05) is 22.5 Å². The van der Waals surface area contributed by atoms with Gasteiger partial charge in [0.25, 0.3) is 0 Å². The molecule has 0 bridgehead atoms. The number of ether oxygens (including phenoxy) is 2. The van der Waals surface area contributed by atoms with Gasteiger partial charge in [-0.1, -0.05) is 63.8 Å². The summed E-state index contributed by atoms with van der Waals surface area (Å²) in [7, 11) is 0. The van der Waals surface area contributed by atoms with Crippen molar-refractivity contribution in [2.24, 2.45) is 0 Å². The molecule has 0 unspecified atom stereocenters. The van der Waals surface area contributed by atoms with Crippen LogP contribution >= 0.6 is 0 Å². The van der Waals surface area contributed by atoms with Crippen molar-refractivity contribution >= 4 is 22.9 Å². The van der Waals surface area contributed by atoms with E-state index >= 15 is 0 Å². The second-order valence-corrected chi connectivity index (χ2v) is 11.0. The largest absolute Gasteiger partial charge is 0.506 e. The van der Waals surface area contributed by atoms with E-state index in [1.807, 2.05) is 0 Å². The molecule has 0 saturated carbocycles. The Morgan fingerprint density at radius 3 is 1.27 bits per heavy atom. The van der Waals surface area contributed by atoms with E-state index in [4.69, 9.17) is 20.9 Å². The molecule has 0 amide bonds. The van der Waals surface area contributed by atoms with Gasteiger partial charge in [0.2, 0.25) is 11.6 Å². The molecule has 0 spiro atoms. The molecule has 8 nitrogen and oxygen atoms in total. The molecule has 5 rings (SSSR count). The number of nitrogen functional groups attached to an aromatic ring is 2. The fourth-order valence-electron chi connectivity index (χ4n) is 5.55. The molecule has 4 aromatic rings. The lowest BCUT2D eigenvalue weighted by atomic mass is 9.78. The van der Waals surface area contributed by atoms with Crippen LogP contribution in [-0.2, 0) is 0 Å². The SMILES string of the molecule is CCCCCOc1ccc(-c2cc(N)c3c(c2O)C(=O)c2c(N)cc(-c4ccc(OCCCCC)cc4)c(O)c2C3=O)cc1. The van der Waals surface area contributed by atoms with Crippen molar-refractivity contribution in [1.82, 2.24) is 0 Å². The zero-order valence-corrected chi connectivity index (χ0v) is 25.1. The number of ketones is 2. The monoisotopic (exact) mass is 594 g/mol. The van der Waals surface area contributed by atoms with Crippen LogP contribution in [0.25, 0.3) is 22.3 Å². The lowest BCUT2D eigenvalue weighted by Crippen LogP contribution is -2.24. The standard InChI is InChI=1S/C36H38N2O6/c1-3-5-7-17-43-23-13-9-21(10-14-23)25-19-27(37)29-31(33(25)39)35(41)30-28(38)20-26(34(40)32(30)36(29)42)22-11-15-24(16-12-22)44-18-8-6-4-2/h9-16,19-20,39-40H,3-8,17-18,37-38H2,1-2H3. The van der Waals surface area contributed by atoms with Crippen LogP contribution in [0.3, 0.4) is 0 Å². The van der Waals surface area contributed by atoms with Gasteiger partial charge in [0.15, 0.2) is 0 Å². The van der Waals surface area contributed by atoms with Crippen LogP contribution in [0.4, 0.5) is 11.4 Å². The van der Waals surface area contributed by atoms with Gasteiger partial charge in [-0.3, -0.25) is 9.59 Å². The van der Waals surface area contributed by atoms with Crippen LogP contribution in [0.2, 0.25) is 0 Å². The fraction of sp³-hybridized carbons (Fsp3) is 0.278. The Kier molecular flexibility index (Phi) is 9.09. The smallest absolute Gasteiger partial charge is 0.200 e. The molecule has 1 aliphatic rings. The molecule has 0 heterocycles. The van der Waals surface area contributed by atoms with Crippen molar-refractivity contribution in [2.45, 2.75) is 52.4 Å². The van der Waals surface area contributed by atoms with Crippen LogP contribution < -0.4 is 20.9 Å². The van der Waals surface area contributed by atoms with Crippen molar-refractivity contribution in [1.29, 1.82) is 0 Å². The Morgan fingerprint density at radius 1 is 0.568 bits per heavy atom. The number of hydrogen-bond acceptors (Lipinski definition) is 8. The number of benzene rings is 4. The number of nitrogens with two attached hydrogens (primary N) is 2. The summed E-state index contributed by atoms with van der Waals surface area (Å²) >= 11 is 0. The molecule has 0 atom stereocenters. The van der Waals surface area contributed by atoms with E-state index < -0.39 is 11.6 Å². The second kappa shape index (κ2) is 13.1. The maximum atomic E-state index is 13.9. The number of carbonyl (C=O) groups excluding carboxylic acids is 2. The van der Waals surface area contributed by atoms with Crippen molar-refractivity contribution < 1.29 is 29.3 Å². The Hall–Kier alpha value is -4.98. The van der Waals surface area contributed by atoms with Crippen molar-refractivity contribution in [3.05, 3.63) is 82.9 Å². The number of anilines is 2. The summed E-state index contributed by atoms with van der Waals surface area (Å²) in [6, 6.07) is 17.1. The molecule has 0 aromatic heterocycles. The highest BCUT2D eigenvalue weighted by atomic mass is 16.5. The Bertz CT molecular complexity index is 1570. The summed E-state index contributed by atoms with van der Waals surface area (Å²) in [6.07, 6.45) is 6.28. The molecule has 0 radical (unpaired) electrons. The zero-order chi connectivity index (χ0) is 31.4. The van der Waals surface area contributed by atoms with Gasteiger partial charge in [0.05, 0.1) is 35.5 Å². The highest BCUT2D eigenvalue weighted by Crippen LogP contribution is 2.48. The minimum atomic E-state index is -0.688. The number of fused-ring (bicyclic) bond motifs is 2. The second-order valence-electron chi connectivity index (χ2n) is 11.0. The van der Waals surface area contributed by atoms with Gasteiger partial charge < -0.3 is 31.2 Å². The van der Waals surface area contributed by atoms with Crippen molar-refractivity contribution in [3.63, 3.8) is 0 Å². The predicted octanol–water partition coefficient (Wildman–Crippen LogP) is 7.51. The number of hydrogen-bond donors (Lipinski definition) is 4. The first-order chi connectivity index (χ1) is 21.3. The summed E-state index contributed by atoms with van der Waals surface area (Å²) in [5.41, 5.74) is 13.7. The van der Waals surface area contributed by atoms with Gasteiger partial charge in [-0.05, 0) is 60.4 Å². The van der Waals surface area contributed by atoms with E-state index in [0.29, 0.717) is 47.0 Å². The van der Waals surface area contributed by atoms with E-state index in [1.54, 1.807) is 48.5 Å². The molecule has 1 aliphatic carbocycles. The average Bonchev–Trinajstić information content (AvgIpc) is 3.02. The highest BCUT2D eigenvalue weighted by molar-refractivity contribution is 6.34. The number of phenolic OH excluding ortho intramolecular Hbond substituents is 2. The number of rotatable bonds is 12. The quantitative estimate of drug-likeness (QED) is 0.0660. The summed E-state index contributed by atoms with van der Waals surface area (Å²) in [4.78, 5) is 27.7. The number of phenols is 2. The first-order valence-corrected chi connectivity index (χ1v) is 15.1. The van der Waals surface area contributed by atoms with Gasteiger partial charge in [-0.2, -0.15) is 0 Å². The van der Waals surface area contributed by atoms with Crippen LogP contribution in [0.1, 0.15) is 84.2 Å². The molecule has 0 aliphatic heterocycles. The van der Waals surface area contributed by atoms with Gasteiger partial charge in [-0.15, -0.1) is 0 Å². The molecule has 4 aromatic carbocycles. The predicted molar refractivity (Wildman–Crippen MR) is 173 cm³/mol. The topological polar surface area (TPSA) is 145 Å². The van der Waals surface area contributed by atoms with E-state index in [-0.39, 0.29) is 45.1 Å². The zero-order valence-electron chi connectivity index (χ0n) is 25.1. The van der Waals surface area contributed by atoms with E-state index in [1.165, 1.54) is 12.1 Å². The minimum Gasteiger partial charge on any atom is -0.506 e. The molecule has 44 heavy (non-hydrogen) atoms. The highest BCUT2D eigenvalue weighted by Gasteiger charge is 2.39. The van der Waals surface area contributed by atoms with Crippen LogP contribution in [0.15, 0.2) is 60.7 Å². The first-order valence-electron chi connectivity index (χ1n) is 15.1. The van der Waals surface area contributed by atoms with Gasteiger partial charge in [0.1, 0.15) is 23.0 Å². The average molecular weight is 595 g/mol. The molecule has 228 valence electrons. The molecule has 0 fully saturated rings. The molecular formula is C36H38N2O6. The van der Waals surface area contributed by atoms with E-state index in [9.17, 15) is 19.8 Å². The normalized spacial score (nSPS) is 12.1. The van der Waals surface area contributed by atoms with E-state index in [0.717, 1.165) is 38.5 Å². The lowest BCUT2D eigenvalue weighted by molar-refractivity contribution is 0.0975. The van der Waals surface area contributed by atoms with Crippen LogP contribution in [0.5, 0.6) is 23.0 Å². The third-order valence-corrected chi connectivity index (χ3v) is 7.93.